The second-order valence-corrected chi connectivity index (χ2v) is 16.1. The number of likely N-dealkylation sites (N-methyl/N-ethyl adjacent to an activating group) is 2. The van der Waals surface area contributed by atoms with E-state index < -0.39 is 54.0 Å². The molecule has 1 fully saturated rings. The number of ether oxygens (including phenoxy) is 3. The number of likely N-dealkylation sites (tertiary alicyclic amines) is 1. The van der Waals surface area contributed by atoms with Crippen LogP contribution < -0.4 is 10.6 Å². The van der Waals surface area contributed by atoms with Gasteiger partial charge in [0, 0.05) is 40.5 Å². The van der Waals surface area contributed by atoms with Gasteiger partial charge in [-0.15, -0.1) is 0 Å². The van der Waals surface area contributed by atoms with Crippen molar-refractivity contribution in [3.63, 3.8) is 0 Å². The topological polar surface area (TPSA) is 162 Å². The standard InChI is InChI=1S/C41H69FN6O8/c1-15-25(6)37(47(11)41(52)35(23(2)3)44-40(51)36(24(4)5)46(9)10)33(55-13)20-34(49)48-22-29(54-12)19-32(48)38(56-14)27(8)39(50)43-21-31(45-53)30-17-16-28(42)18-26(30)7/h16-18,23-25,27,29,32-33,35-38,53H,15,19-22H2,1-14H3,(H,43,50)(H,44,51)/t25-,27+,29+,32+,33-,35-,36-,37-,38+/m0/s1. The highest BCUT2D eigenvalue weighted by molar-refractivity contribution is 6.04. The third kappa shape index (κ3) is 12.2. The van der Waals surface area contributed by atoms with Crippen LogP contribution in [0.1, 0.15) is 78.9 Å². The van der Waals surface area contributed by atoms with Crippen LogP contribution in [-0.4, -0.2) is 147 Å². The fourth-order valence-corrected chi connectivity index (χ4v) is 8.03. The number of methoxy groups -OCH3 is 3. The lowest BCUT2D eigenvalue weighted by atomic mass is 9.89. The Morgan fingerprint density at radius 2 is 1.64 bits per heavy atom. The number of rotatable bonds is 21. The predicted octanol–water partition coefficient (Wildman–Crippen LogP) is 3.70. The van der Waals surface area contributed by atoms with Crippen molar-refractivity contribution in [3.8, 4) is 0 Å². The molecule has 318 valence electrons. The number of halogens is 1. The maximum Gasteiger partial charge on any atom is 0.245 e. The summed E-state index contributed by atoms with van der Waals surface area (Å²) in [5.74, 6) is -2.56. The van der Waals surface area contributed by atoms with E-state index in [4.69, 9.17) is 14.2 Å². The highest BCUT2D eigenvalue weighted by Crippen LogP contribution is 2.31. The van der Waals surface area contributed by atoms with Gasteiger partial charge in [-0.25, -0.2) is 4.39 Å². The summed E-state index contributed by atoms with van der Waals surface area (Å²) in [7, 11) is 9.97. The Labute approximate surface area is 333 Å². The Hall–Kier alpha value is -3.66. The van der Waals surface area contributed by atoms with Crippen LogP contribution >= 0.6 is 0 Å². The van der Waals surface area contributed by atoms with Crippen LogP contribution in [0.25, 0.3) is 0 Å². The molecule has 0 bridgehead atoms. The van der Waals surface area contributed by atoms with E-state index in [0.29, 0.717) is 24.0 Å². The predicted molar refractivity (Wildman–Crippen MR) is 214 cm³/mol. The van der Waals surface area contributed by atoms with E-state index in [2.05, 4.69) is 15.8 Å². The molecular formula is C41H69FN6O8. The second-order valence-electron chi connectivity index (χ2n) is 16.1. The van der Waals surface area contributed by atoms with Crippen molar-refractivity contribution in [2.24, 2.45) is 28.8 Å². The summed E-state index contributed by atoms with van der Waals surface area (Å²) in [6.07, 6.45) is -0.685. The normalized spacial score (nSPS) is 20.0. The first kappa shape index (κ1) is 48.5. The van der Waals surface area contributed by atoms with Gasteiger partial charge >= 0.3 is 0 Å². The van der Waals surface area contributed by atoms with Crippen molar-refractivity contribution >= 4 is 29.3 Å². The lowest BCUT2D eigenvalue weighted by Crippen LogP contribution is -2.59. The van der Waals surface area contributed by atoms with Gasteiger partial charge in [-0.1, -0.05) is 60.0 Å². The lowest BCUT2D eigenvalue weighted by Gasteiger charge is -2.41. The first-order valence-electron chi connectivity index (χ1n) is 19.7. The quantitative estimate of drug-likeness (QED) is 0.0958. The van der Waals surface area contributed by atoms with Crippen LogP contribution in [-0.2, 0) is 33.4 Å². The molecule has 56 heavy (non-hydrogen) atoms. The van der Waals surface area contributed by atoms with E-state index in [1.54, 1.807) is 37.8 Å². The first-order valence-corrected chi connectivity index (χ1v) is 19.7. The number of hydrogen-bond donors (Lipinski definition) is 3. The number of nitrogens with zero attached hydrogens (tertiary/aromatic N) is 4. The number of oxime groups is 1. The summed E-state index contributed by atoms with van der Waals surface area (Å²) in [4.78, 5) is 60.8. The number of carbonyl (C=O) groups excluding carboxylic acids is 4. The maximum atomic E-state index is 14.4. The highest BCUT2D eigenvalue weighted by Gasteiger charge is 2.45. The summed E-state index contributed by atoms with van der Waals surface area (Å²) >= 11 is 0. The van der Waals surface area contributed by atoms with Crippen LogP contribution in [0.5, 0.6) is 0 Å². The molecule has 0 unspecified atom stereocenters. The van der Waals surface area contributed by atoms with E-state index in [1.807, 2.05) is 60.5 Å². The molecule has 2 rings (SSSR count). The van der Waals surface area contributed by atoms with Gasteiger partial charge in [-0.05, 0) is 69.0 Å². The molecule has 15 heteroatoms. The van der Waals surface area contributed by atoms with E-state index in [-0.39, 0.29) is 66.8 Å². The molecule has 1 aromatic carbocycles. The van der Waals surface area contributed by atoms with E-state index >= 15 is 0 Å². The van der Waals surface area contributed by atoms with Crippen molar-refractivity contribution in [1.82, 2.24) is 25.3 Å². The fourth-order valence-electron chi connectivity index (χ4n) is 8.03. The Kier molecular flexibility index (Phi) is 19.3. The SMILES string of the molecule is CC[C@H](C)[C@@H]([C@H](CC(=O)N1C[C@H](OC)C[C@@H]1[C@H](OC)[C@@H](C)C(=O)NCC(=NO)c1ccc(F)cc1C)OC)N(C)C(=O)[C@@H](NC(=O)[C@H](C(C)C)N(C)C)C(C)C. The molecule has 0 aromatic heterocycles. The second kappa shape index (κ2) is 22.3. The zero-order chi connectivity index (χ0) is 42.6. The molecule has 0 radical (unpaired) electrons. The summed E-state index contributed by atoms with van der Waals surface area (Å²) in [5, 5.41) is 18.9. The third-order valence-electron chi connectivity index (χ3n) is 11.3. The largest absolute Gasteiger partial charge is 0.411 e. The van der Waals surface area contributed by atoms with Gasteiger partial charge in [-0.2, -0.15) is 0 Å². The highest BCUT2D eigenvalue weighted by atomic mass is 19.1. The number of aryl methyl sites for hydroxylation is 1. The zero-order valence-electron chi connectivity index (χ0n) is 36.1. The molecule has 0 aliphatic carbocycles. The fraction of sp³-hybridized carbons (Fsp3) is 0.732. The summed E-state index contributed by atoms with van der Waals surface area (Å²) < 4.78 is 31.3. The number of amides is 4. The maximum absolute atomic E-state index is 14.4. The van der Waals surface area contributed by atoms with Crippen LogP contribution in [0.15, 0.2) is 23.4 Å². The molecule has 1 aliphatic heterocycles. The monoisotopic (exact) mass is 793 g/mol. The number of hydrogen-bond acceptors (Lipinski definition) is 10. The van der Waals surface area contributed by atoms with Crippen molar-refractivity contribution in [2.45, 2.75) is 117 Å². The van der Waals surface area contributed by atoms with Crippen molar-refractivity contribution in [3.05, 3.63) is 35.1 Å². The Morgan fingerprint density at radius 1 is 1.00 bits per heavy atom. The van der Waals surface area contributed by atoms with Gasteiger partial charge in [0.05, 0.1) is 55.3 Å². The van der Waals surface area contributed by atoms with Crippen LogP contribution in [0.3, 0.4) is 0 Å². The van der Waals surface area contributed by atoms with Crippen molar-refractivity contribution in [1.29, 1.82) is 0 Å². The number of nitrogens with one attached hydrogen (secondary N) is 2. The molecule has 4 amide bonds. The molecule has 14 nitrogen and oxygen atoms in total. The van der Waals surface area contributed by atoms with Gasteiger partial charge in [0.15, 0.2) is 0 Å². The smallest absolute Gasteiger partial charge is 0.245 e. The van der Waals surface area contributed by atoms with Gasteiger partial charge in [0.25, 0.3) is 0 Å². The van der Waals surface area contributed by atoms with Gasteiger partial charge < -0.3 is 39.9 Å². The molecule has 9 atom stereocenters. The molecular weight excluding hydrogens is 723 g/mol. The molecule has 1 aromatic rings. The summed E-state index contributed by atoms with van der Waals surface area (Å²) in [6, 6.07) is 1.79. The minimum Gasteiger partial charge on any atom is -0.411 e. The van der Waals surface area contributed by atoms with Gasteiger partial charge in [-0.3, -0.25) is 24.1 Å². The van der Waals surface area contributed by atoms with E-state index in [1.165, 1.54) is 32.4 Å². The Bertz CT molecular complexity index is 1480. The van der Waals surface area contributed by atoms with Crippen molar-refractivity contribution in [2.75, 3.05) is 55.6 Å². The Morgan fingerprint density at radius 3 is 2.12 bits per heavy atom. The lowest BCUT2D eigenvalue weighted by molar-refractivity contribution is -0.148. The van der Waals surface area contributed by atoms with Crippen molar-refractivity contribution < 1.29 is 43.0 Å². The molecule has 1 aliphatic rings. The minimum absolute atomic E-state index is 0.0234. The molecule has 0 saturated carbocycles. The minimum atomic E-state index is -0.798. The summed E-state index contributed by atoms with van der Waals surface area (Å²) in [6.45, 7) is 15.3. The molecule has 0 spiro atoms. The zero-order valence-corrected chi connectivity index (χ0v) is 36.1. The van der Waals surface area contributed by atoms with Crippen LogP contribution in [0.4, 0.5) is 4.39 Å². The van der Waals surface area contributed by atoms with Crippen LogP contribution in [0.2, 0.25) is 0 Å². The average Bonchev–Trinajstić information content (AvgIpc) is 3.57. The Balaban J connectivity index is 2.33. The van der Waals surface area contributed by atoms with E-state index in [9.17, 15) is 28.8 Å². The van der Waals surface area contributed by atoms with Gasteiger partial charge in [0.1, 0.15) is 17.6 Å². The average molecular weight is 793 g/mol. The number of carbonyl (C=O) groups is 4. The summed E-state index contributed by atoms with van der Waals surface area (Å²) in [5.41, 5.74) is 1.20. The van der Waals surface area contributed by atoms with E-state index in [0.717, 1.165) is 0 Å². The first-order chi connectivity index (χ1) is 26.3. The van der Waals surface area contributed by atoms with Gasteiger partial charge in [0.2, 0.25) is 23.6 Å². The van der Waals surface area contributed by atoms with Crippen LogP contribution in [0, 0.1) is 36.4 Å². The molecule has 3 N–H and O–H groups in total. The molecule has 1 saturated heterocycles. The molecule has 1 heterocycles. The third-order valence-corrected chi connectivity index (χ3v) is 11.3. The number of benzene rings is 1.